The molecule has 0 aliphatic heterocycles. The minimum atomic E-state index is 0.306. The fourth-order valence-electron chi connectivity index (χ4n) is 2.67. The number of hydrogen-bond donors (Lipinski definition) is 1. The molecule has 2 unspecified atom stereocenters. The minimum Gasteiger partial charge on any atom is -0.467 e. The lowest BCUT2D eigenvalue weighted by molar-refractivity contribution is -0.0405. The van der Waals surface area contributed by atoms with Crippen LogP contribution >= 0.6 is 0 Å². The summed E-state index contributed by atoms with van der Waals surface area (Å²) in [6.45, 7) is 4.64. The van der Waals surface area contributed by atoms with E-state index in [0.717, 1.165) is 44.5 Å². The number of furan rings is 1. The molecule has 114 valence electrons. The molecule has 2 atom stereocenters. The smallest absolute Gasteiger partial charge is 0.129 e. The maximum Gasteiger partial charge on any atom is 0.129 e. The molecule has 0 radical (unpaired) electrons. The van der Waals surface area contributed by atoms with Crippen molar-refractivity contribution in [2.24, 2.45) is 0 Å². The Labute approximate surface area is 121 Å². The van der Waals surface area contributed by atoms with Crippen molar-refractivity contribution < 1.29 is 13.9 Å². The summed E-state index contributed by atoms with van der Waals surface area (Å²) < 4.78 is 16.9. The lowest BCUT2D eigenvalue weighted by Crippen LogP contribution is -2.27. The first kappa shape index (κ1) is 15.5. The molecule has 0 bridgehead atoms. The second kappa shape index (κ2) is 8.45. The molecule has 2 rings (SSSR count). The molecule has 1 aromatic heterocycles. The summed E-state index contributed by atoms with van der Waals surface area (Å²) >= 11 is 0. The fraction of sp³-hybridized carbons (Fsp3) is 0.750. The Kier molecular flexibility index (Phi) is 6.57. The van der Waals surface area contributed by atoms with Gasteiger partial charge in [0.25, 0.3) is 0 Å². The third-order valence-electron chi connectivity index (χ3n) is 3.84. The Morgan fingerprint density at radius 1 is 1.35 bits per heavy atom. The molecule has 0 amide bonds. The van der Waals surface area contributed by atoms with E-state index in [1.54, 1.807) is 7.11 Å². The van der Waals surface area contributed by atoms with Crippen LogP contribution in [0.4, 0.5) is 0 Å². The zero-order valence-corrected chi connectivity index (χ0v) is 12.7. The molecule has 1 aliphatic rings. The highest BCUT2D eigenvalue weighted by molar-refractivity contribution is 5.12. The van der Waals surface area contributed by atoms with Gasteiger partial charge in [0.1, 0.15) is 12.4 Å². The highest BCUT2D eigenvalue weighted by Gasteiger charge is 2.22. The topological polar surface area (TPSA) is 43.6 Å². The van der Waals surface area contributed by atoms with E-state index in [-0.39, 0.29) is 0 Å². The first-order valence-corrected chi connectivity index (χ1v) is 7.73. The van der Waals surface area contributed by atoms with Crippen molar-refractivity contribution in [3.05, 3.63) is 23.7 Å². The summed E-state index contributed by atoms with van der Waals surface area (Å²) in [5.41, 5.74) is 1.19. The number of rotatable bonds is 8. The van der Waals surface area contributed by atoms with Crippen molar-refractivity contribution in [2.45, 2.75) is 64.4 Å². The minimum absolute atomic E-state index is 0.306. The summed E-state index contributed by atoms with van der Waals surface area (Å²) in [6, 6.07) is 2.08. The second-order valence-corrected chi connectivity index (χ2v) is 5.56. The third-order valence-corrected chi connectivity index (χ3v) is 3.84. The normalized spacial score (nSPS) is 23.1. The first-order valence-electron chi connectivity index (χ1n) is 7.73. The molecule has 1 N–H and O–H groups in total. The second-order valence-electron chi connectivity index (χ2n) is 5.56. The van der Waals surface area contributed by atoms with Gasteiger partial charge in [-0.25, -0.2) is 0 Å². The Hall–Kier alpha value is -0.840. The largest absolute Gasteiger partial charge is 0.467 e. The van der Waals surface area contributed by atoms with Gasteiger partial charge in [0, 0.05) is 19.2 Å². The van der Waals surface area contributed by atoms with Crippen LogP contribution in [0.2, 0.25) is 0 Å². The van der Waals surface area contributed by atoms with Gasteiger partial charge in [0.15, 0.2) is 0 Å². The van der Waals surface area contributed by atoms with Gasteiger partial charge in [-0.15, -0.1) is 0 Å². The van der Waals surface area contributed by atoms with Crippen LogP contribution < -0.4 is 5.32 Å². The van der Waals surface area contributed by atoms with Crippen LogP contribution in [0.15, 0.2) is 16.7 Å². The predicted molar refractivity (Wildman–Crippen MR) is 78.5 cm³/mol. The first-order chi connectivity index (χ1) is 9.81. The van der Waals surface area contributed by atoms with Crippen molar-refractivity contribution in [2.75, 3.05) is 13.7 Å². The molecule has 4 nitrogen and oxygen atoms in total. The lowest BCUT2D eigenvalue weighted by Gasteiger charge is -2.27. The predicted octanol–water partition coefficient (Wildman–Crippen LogP) is 3.25. The van der Waals surface area contributed by atoms with Gasteiger partial charge in [0.05, 0.1) is 18.5 Å². The number of nitrogens with one attached hydrogen (secondary N) is 1. The third kappa shape index (κ3) is 4.93. The average molecular weight is 281 g/mol. The van der Waals surface area contributed by atoms with E-state index in [0.29, 0.717) is 18.8 Å². The quantitative estimate of drug-likeness (QED) is 0.743. The molecule has 4 heteroatoms. The number of ether oxygens (including phenoxy) is 2. The molecule has 0 saturated heterocycles. The summed E-state index contributed by atoms with van der Waals surface area (Å²) in [5.74, 6) is 0.915. The zero-order chi connectivity index (χ0) is 14.2. The van der Waals surface area contributed by atoms with E-state index in [2.05, 4.69) is 18.3 Å². The molecular weight excluding hydrogens is 254 g/mol. The molecule has 1 heterocycles. The maximum absolute atomic E-state index is 5.95. The number of methoxy groups -OCH3 is 1. The Morgan fingerprint density at radius 2 is 2.20 bits per heavy atom. The van der Waals surface area contributed by atoms with Crippen LogP contribution in [-0.4, -0.2) is 25.9 Å². The molecule has 0 aromatic carbocycles. The summed E-state index contributed by atoms with van der Waals surface area (Å²) in [5, 5.41) is 3.37. The van der Waals surface area contributed by atoms with Crippen LogP contribution in [0.1, 0.15) is 50.4 Å². The van der Waals surface area contributed by atoms with Crippen molar-refractivity contribution in [1.29, 1.82) is 0 Å². The van der Waals surface area contributed by atoms with E-state index in [1.807, 2.05) is 6.26 Å². The van der Waals surface area contributed by atoms with E-state index in [9.17, 15) is 0 Å². The lowest BCUT2D eigenvalue weighted by atomic mass is 9.95. The van der Waals surface area contributed by atoms with Gasteiger partial charge in [-0.1, -0.05) is 6.92 Å². The Morgan fingerprint density at radius 3 is 3.00 bits per heavy atom. The molecule has 1 fully saturated rings. The van der Waals surface area contributed by atoms with Crippen LogP contribution in [0, 0.1) is 0 Å². The van der Waals surface area contributed by atoms with Crippen molar-refractivity contribution in [1.82, 2.24) is 5.32 Å². The molecule has 1 aliphatic carbocycles. The van der Waals surface area contributed by atoms with E-state index in [4.69, 9.17) is 13.9 Å². The molecule has 1 aromatic rings. The average Bonchev–Trinajstić information content (AvgIpc) is 2.94. The Balaban J connectivity index is 1.70. The van der Waals surface area contributed by atoms with Crippen LogP contribution in [0.25, 0.3) is 0 Å². The van der Waals surface area contributed by atoms with Gasteiger partial charge in [-0.05, 0) is 44.7 Å². The van der Waals surface area contributed by atoms with Crippen LogP contribution in [-0.2, 0) is 22.6 Å². The summed E-state index contributed by atoms with van der Waals surface area (Å²) in [6.07, 6.45) is 8.11. The molecular formula is C16H27NO3. The van der Waals surface area contributed by atoms with E-state index in [1.165, 1.54) is 12.0 Å². The highest BCUT2D eigenvalue weighted by Crippen LogP contribution is 2.24. The van der Waals surface area contributed by atoms with Crippen LogP contribution in [0.5, 0.6) is 0 Å². The van der Waals surface area contributed by atoms with Crippen molar-refractivity contribution in [3.8, 4) is 0 Å². The van der Waals surface area contributed by atoms with Gasteiger partial charge < -0.3 is 19.2 Å². The molecule has 20 heavy (non-hydrogen) atoms. The fourth-order valence-corrected chi connectivity index (χ4v) is 2.67. The maximum atomic E-state index is 5.95. The van der Waals surface area contributed by atoms with Gasteiger partial charge in [-0.2, -0.15) is 0 Å². The van der Waals surface area contributed by atoms with Gasteiger partial charge in [-0.3, -0.25) is 0 Å². The van der Waals surface area contributed by atoms with Gasteiger partial charge in [0.2, 0.25) is 0 Å². The van der Waals surface area contributed by atoms with Gasteiger partial charge >= 0.3 is 0 Å². The van der Waals surface area contributed by atoms with E-state index >= 15 is 0 Å². The van der Waals surface area contributed by atoms with Crippen LogP contribution in [0.3, 0.4) is 0 Å². The zero-order valence-electron chi connectivity index (χ0n) is 12.7. The van der Waals surface area contributed by atoms with Crippen molar-refractivity contribution >= 4 is 0 Å². The summed E-state index contributed by atoms with van der Waals surface area (Å²) in [4.78, 5) is 0. The molecule has 0 spiro atoms. The highest BCUT2D eigenvalue weighted by atomic mass is 16.5. The monoisotopic (exact) mass is 281 g/mol. The SMILES string of the molecule is CCCNCc1coc(COC2CCCC(OC)C2)c1. The number of hydrogen-bond acceptors (Lipinski definition) is 4. The standard InChI is InChI=1S/C16H27NO3/c1-3-7-17-10-13-8-16(19-11-13)12-20-15-6-4-5-14(9-15)18-2/h8,11,14-15,17H,3-7,9-10,12H2,1-2H3. The van der Waals surface area contributed by atoms with Crippen molar-refractivity contribution in [3.63, 3.8) is 0 Å². The Bertz CT molecular complexity index is 378. The summed E-state index contributed by atoms with van der Waals surface area (Å²) in [7, 11) is 1.79. The van der Waals surface area contributed by atoms with E-state index < -0.39 is 0 Å². The molecule has 1 saturated carbocycles.